The lowest BCUT2D eigenvalue weighted by Gasteiger charge is -2.41. The van der Waals surface area contributed by atoms with Crippen LogP contribution in [0.1, 0.15) is 233 Å². The van der Waals surface area contributed by atoms with Crippen molar-refractivity contribution in [3.63, 3.8) is 0 Å². The van der Waals surface area contributed by atoms with Crippen molar-refractivity contribution in [2.45, 2.75) is 282 Å². The van der Waals surface area contributed by atoms with Crippen molar-refractivity contribution in [2.75, 3.05) is 13.2 Å². The summed E-state index contributed by atoms with van der Waals surface area (Å²) in [6, 6.07) is -1.05. The predicted octanol–water partition coefficient (Wildman–Crippen LogP) is 15.1. The van der Waals surface area contributed by atoms with Crippen LogP contribution in [0.3, 0.4) is 0 Å². The maximum absolute atomic E-state index is 13.3. The first-order chi connectivity index (χ1) is 38.7. The van der Waals surface area contributed by atoms with Gasteiger partial charge in [-0.25, -0.2) is 0 Å². The number of hydrogen-bond donors (Lipinski definition) is 6. The van der Waals surface area contributed by atoms with Gasteiger partial charge in [0.15, 0.2) is 12.4 Å². The highest BCUT2D eigenvalue weighted by Gasteiger charge is 2.47. The minimum atomic E-state index is -1.63. The van der Waals surface area contributed by atoms with E-state index in [0.29, 0.717) is 12.8 Å². The Morgan fingerprint density at radius 2 is 0.975 bits per heavy atom. The summed E-state index contributed by atoms with van der Waals surface area (Å²) in [5.41, 5.74) is 0. The SMILES string of the molecule is CC/C=C\C/C=C\C/C=C\C/C=C\C/C=C\CCCCCCCCCCCCCC(=O)OC1C(OCC(NC(=O)C(O)CCCC\C=C/C=C\C=C\C=C\CC)C(O)/C=C/CCCCCCCCCCC)OC(CO)C(O)C1O. The van der Waals surface area contributed by atoms with E-state index in [9.17, 15) is 35.1 Å². The Labute approximate surface area is 480 Å². The maximum Gasteiger partial charge on any atom is 0.306 e. The Hall–Kier alpha value is -3.94. The lowest BCUT2D eigenvalue weighted by Crippen LogP contribution is -2.61. The van der Waals surface area contributed by atoms with Gasteiger partial charge in [-0.3, -0.25) is 9.59 Å². The molecule has 11 heteroatoms. The Morgan fingerprint density at radius 1 is 0.519 bits per heavy atom. The van der Waals surface area contributed by atoms with Gasteiger partial charge in [-0.15, -0.1) is 0 Å². The van der Waals surface area contributed by atoms with Crippen LogP contribution in [-0.2, 0) is 23.8 Å². The second kappa shape index (κ2) is 54.6. The molecule has 1 rings (SSSR count). The molecule has 0 aromatic rings. The predicted molar refractivity (Wildman–Crippen MR) is 328 cm³/mol. The molecule has 11 nitrogen and oxygen atoms in total. The highest BCUT2D eigenvalue weighted by atomic mass is 16.7. The zero-order valence-electron chi connectivity index (χ0n) is 49.7. The summed E-state index contributed by atoms with van der Waals surface area (Å²) in [7, 11) is 0. The van der Waals surface area contributed by atoms with Gasteiger partial charge in [0.2, 0.25) is 5.91 Å². The first-order valence-corrected chi connectivity index (χ1v) is 31.4. The summed E-state index contributed by atoms with van der Waals surface area (Å²) >= 11 is 0. The number of esters is 1. The number of unbranched alkanes of at least 4 members (excludes halogenated alkanes) is 22. The number of nitrogens with one attached hydrogen (secondary N) is 1. The van der Waals surface area contributed by atoms with E-state index in [1.807, 2.05) is 48.6 Å². The summed E-state index contributed by atoms with van der Waals surface area (Å²) in [4.78, 5) is 26.5. The molecule has 0 aliphatic carbocycles. The average molecular weight is 1100 g/mol. The number of aliphatic hydroxyl groups is 5. The highest BCUT2D eigenvalue weighted by Crippen LogP contribution is 2.26. The number of ether oxygens (including phenoxy) is 3. The van der Waals surface area contributed by atoms with Gasteiger partial charge in [0.25, 0.3) is 0 Å². The van der Waals surface area contributed by atoms with Gasteiger partial charge in [0.05, 0.1) is 25.4 Å². The first-order valence-electron chi connectivity index (χ1n) is 31.4. The van der Waals surface area contributed by atoms with E-state index >= 15 is 0 Å². The number of aliphatic hydroxyl groups excluding tert-OH is 5. The number of allylic oxidation sites excluding steroid dienone is 19. The molecule has 0 radical (unpaired) electrons. The van der Waals surface area contributed by atoms with Crippen LogP contribution in [0.2, 0.25) is 0 Å². The molecule has 0 bridgehead atoms. The largest absolute Gasteiger partial charge is 0.454 e. The lowest BCUT2D eigenvalue weighted by atomic mass is 9.99. The van der Waals surface area contributed by atoms with Gasteiger partial charge < -0.3 is 45.1 Å². The van der Waals surface area contributed by atoms with Crippen molar-refractivity contribution in [3.05, 3.63) is 122 Å². The molecule has 450 valence electrons. The molecule has 1 saturated heterocycles. The third kappa shape index (κ3) is 42.6. The standard InChI is InChI=1S/C68H113NO10/c1-4-7-10-13-16-19-22-24-25-26-27-28-29-30-31-32-33-34-35-36-37-38-41-44-47-50-53-56-63(73)79-66-65(75)64(74)62(57-70)78-68(66)77-58-59(60(71)54-51-48-45-42-39-21-18-15-12-9-6-3)69-67(76)61(72)55-52-49-46-43-40-23-20-17-14-11-8-5-2/h7-8,10-11,14,16-17,19-20,23-25,27-28,30-31,40,43,51,54,59-62,64-66,68,70-72,74-75H,4-6,9,12-13,15,18,21-22,26,29,32-39,41-42,44-50,52-53,55-58H2,1-3H3,(H,69,76)/b10-7-,11-8+,17-14+,19-16-,23-20-,25-24-,28-27-,31-30-,43-40-,54-51+. The van der Waals surface area contributed by atoms with Crippen molar-refractivity contribution in [1.29, 1.82) is 0 Å². The summed E-state index contributed by atoms with van der Waals surface area (Å²) < 4.78 is 17.6. The number of amides is 1. The zero-order chi connectivity index (χ0) is 57.5. The fourth-order valence-corrected chi connectivity index (χ4v) is 9.04. The van der Waals surface area contributed by atoms with E-state index in [4.69, 9.17) is 14.2 Å². The van der Waals surface area contributed by atoms with Crippen LogP contribution < -0.4 is 5.32 Å². The highest BCUT2D eigenvalue weighted by molar-refractivity contribution is 5.80. The van der Waals surface area contributed by atoms with E-state index in [-0.39, 0.29) is 19.4 Å². The maximum atomic E-state index is 13.3. The van der Waals surface area contributed by atoms with Gasteiger partial charge in [-0.1, -0.05) is 258 Å². The molecule has 79 heavy (non-hydrogen) atoms. The summed E-state index contributed by atoms with van der Waals surface area (Å²) in [6.07, 6.45) is 65.4. The smallest absolute Gasteiger partial charge is 0.306 e. The Morgan fingerprint density at radius 3 is 1.52 bits per heavy atom. The van der Waals surface area contributed by atoms with Crippen LogP contribution in [0.4, 0.5) is 0 Å². The summed E-state index contributed by atoms with van der Waals surface area (Å²) in [5, 5.41) is 56.8. The third-order valence-electron chi connectivity index (χ3n) is 14.0. The molecule has 0 saturated carbocycles. The normalized spacial score (nSPS) is 19.7. The van der Waals surface area contributed by atoms with Crippen LogP contribution in [0, 0.1) is 0 Å². The minimum Gasteiger partial charge on any atom is -0.454 e. The van der Waals surface area contributed by atoms with Crippen molar-refractivity contribution in [1.82, 2.24) is 5.32 Å². The first kappa shape index (κ1) is 73.1. The van der Waals surface area contributed by atoms with Gasteiger partial charge in [0.1, 0.15) is 24.4 Å². The minimum absolute atomic E-state index is 0.107. The van der Waals surface area contributed by atoms with Gasteiger partial charge in [0, 0.05) is 6.42 Å². The average Bonchev–Trinajstić information content (AvgIpc) is 3.47. The molecular formula is C68H113NO10. The lowest BCUT2D eigenvalue weighted by molar-refractivity contribution is -0.305. The quantitative estimate of drug-likeness (QED) is 0.0149. The van der Waals surface area contributed by atoms with E-state index < -0.39 is 67.4 Å². The van der Waals surface area contributed by atoms with Crippen molar-refractivity contribution >= 4 is 11.9 Å². The summed E-state index contributed by atoms with van der Waals surface area (Å²) in [6.45, 7) is 5.48. The number of rotatable bonds is 51. The number of carbonyl (C=O) groups excluding carboxylic acids is 2. The molecule has 1 aliphatic rings. The Balaban J connectivity index is 2.58. The molecule has 1 amide bonds. The zero-order valence-corrected chi connectivity index (χ0v) is 49.7. The van der Waals surface area contributed by atoms with Crippen molar-refractivity contribution in [2.24, 2.45) is 0 Å². The molecule has 8 unspecified atom stereocenters. The van der Waals surface area contributed by atoms with E-state index in [0.717, 1.165) is 109 Å². The molecule has 1 aliphatic heterocycles. The summed E-state index contributed by atoms with van der Waals surface area (Å²) in [5.74, 6) is -1.25. The van der Waals surface area contributed by atoms with Gasteiger partial charge in [-0.05, 0) is 89.9 Å². The van der Waals surface area contributed by atoms with Crippen LogP contribution in [0.15, 0.2) is 122 Å². The van der Waals surface area contributed by atoms with E-state index in [1.54, 1.807) is 6.08 Å². The molecule has 1 fully saturated rings. The molecule has 0 spiro atoms. The molecule has 0 aromatic carbocycles. The molecule has 8 atom stereocenters. The number of hydrogen-bond acceptors (Lipinski definition) is 10. The fourth-order valence-electron chi connectivity index (χ4n) is 9.04. The number of carbonyl (C=O) groups is 2. The Kier molecular flexibility index (Phi) is 50.5. The second-order valence-electron chi connectivity index (χ2n) is 21.1. The second-order valence-corrected chi connectivity index (χ2v) is 21.1. The third-order valence-corrected chi connectivity index (χ3v) is 14.0. The molecule has 6 N–H and O–H groups in total. The van der Waals surface area contributed by atoms with Gasteiger partial charge in [-0.2, -0.15) is 0 Å². The monoisotopic (exact) mass is 1100 g/mol. The van der Waals surface area contributed by atoms with Gasteiger partial charge >= 0.3 is 5.97 Å². The molecule has 1 heterocycles. The van der Waals surface area contributed by atoms with E-state index in [2.05, 4.69) is 92.9 Å². The van der Waals surface area contributed by atoms with Crippen LogP contribution in [-0.4, -0.2) is 99.6 Å². The molecular weight excluding hydrogens is 991 g/mol. The molecule has 0 aromatic heterocycles. The fraction of sp³-hybridized carbons (Fsp3) is 0.676. The Bertz CT molecular complexity index is 1740. The van der Waals surface area contributed by atoms with E-state index in [1.165, 1.54) is 77.0 Å². The van der Waals surface area contributed by atoms with Crippen molar-refractivity contribution in [3.8, 4) is 0 Å². The van der Waals surface area contributed by atoms with Crippen LogP contribution in [0.25, 0.3) is 0 Å². The topological polar surface area (TPSA) is 175 Å². The van der Waals surface area contributed by atoms with Crippen LogP contribution >= 0.6 is 0 Å². The van der Waals surface area contributed by atoms with Crippen LogP contribution in [0.5, 0.6) is 0 Å². The van der Waals surface area contributed by atoms with Crippen molar-refractivity contribution < 1.29 is 49.3 Å².